The minimum atomic E-state index is -0.629. The fourth-order valence-corrected chi connectivity index (χ4v) is 2.55. The van der Waals surface area contributed by atoms with Gasteiger partial charge in [0.05, 0.1) is 11.6 Å². The van der Waals surface area contributed by atoms with Gasteiger partial charge in [0, 0.05) is 5.56 Å². The van der Waals surface area contributed by atoms with Crippen LogP contribution in [-0.4, -0.2) is 29.8 Å². The van der Waals surface area contributed by atoms with Crippen LogP contribution in [0.2, 0.25) is 0 Å². The molecular formula is C18H14BrFN2O5. The maximum absolute atomic E-state index is 13.0. The van der Waals surface area contributed by atoms with Gasteiger partial charge in [0.2, 0.25) is 5.82 Å². The summed E-state index contributed by atoms with van der Waals surface area (Å²) in [7, 11) is 1.58. The average Bonchev–Trinajstić information content (AvgIpc) is 3.15. The maximum Gasteiger partial charge on any atom is 0.344 e. The van der Waals surface area contributed by atoms with Crippen molar-refractivity contribution in [3.05, 3.63) is 58.6 Å². The van der Waals surface area contributed by atoms with Gasteiger partial charge in [-0.15, -0.1) is 0 Å². The van der Waals surface area contributed by atoms with Crippen molar-refractivity contribution in [2.24, 2.45) is 0 Å². The number of aromatic nitrogens is 2. The summed E-state index contributed by atoms with van der Waals surface area (Å²) in [6.07, 6.45) is 0. The molecule has 2 aromatic carbocycles. The van der Waals surface area contributed by atoms with Gasteiger partial charge in [0.25, 0.3) is 5.89 Å². The average molecular weight is 437 g/mol. The molecular weight excluding hydrogens is 423 g/mol. The number of esters is 1. The van der Waals surface area contributed by atoms with Gasteiger partial charge in [0.1, 0.15) is 17.3 Å². The highest BCUT2D eigenvalue weighted by Gasteiger charge is 2.12. The first-order valence-corrected chi connectivity index (χ1v) is 8.55. The monoisotopic (exact) mass is 436 g/mol. The molecule has 3 aromatic rings. The number of ether oxygens (including phenoxy) is 3. The lowest BCUT2D eigenvalue weighted by Crippen LogP contribution is -2.15. The SMILES string of the molecule is COc1ccc(-c2noc(COC(=O)COc3ccc(F)cc3Br)n2)cc1. The summed E-state index contributed by atoms with van der Waals surface area (Å²) in [5, 5.41) is 3.84. The normalized spacial score (nSPS) is 10.5. The predicted octanol–water partition coefficient (Wildman–Crippen LogP) is 3.77. The smallest absolute Gasteiger partial charge is 0.344 e. The molecule has 0 radical (unpaired) electrons. The molecule has 0 N–H and O–H groups in total. The van der Waals surface area contributed by atoms with E-state index >= 15 is 0 Å². The number of hydrogen-bond donors (Lipinski definition) is 0. The van der Waals surface area contributed by atoms with Gasteiger partial charge in [0.15, 0.2) is 13.2 Å². The molecule has 0 saturated heterocycles. The van der Waals surface area contributed by atoms with Crippen molar-refractivity contribution in [2.75, 3.05) is 13.7 Å². The molecule has 0 saturated carbocycles. The molecule has 27 heavy (non-hydrogen) atoms. The van der Waals surface area contributed by atoms with Gasteiger partial charge < -0.3 is 18.7 Å². The van der Waals surface area contributed by atoms with Gasteiger partial charge in [-0.3, -0.25) is 0 Å². The van der Waals surface area contributed by atoms with Crippen molar-refractivity contribution in [3.63, 3.8) is 0 Å². The van der Waals surface area contributed by atoms with Crippen molar-refractivity contribution >= 4 is 21.9 Å². The number of benzene rings is 2. The van der Waals surface area contributed by atoms with Crippen LogP contribution in [0.25, 0.3) is 11.4 Å². The van der Waals surface area contributed by atoms with Gasteiger partial charge >= 0.3 is 5.97 Å². The van der Waals surface area contributed by atoms with Gasteiger partial charge in [-0.05, 0) is 58.4 Å². The minimum absolute atomic E-state index is 0.150. The molecule has 3 rings (SSSR count). The largest absolute Gasteiger partial charge is 0.497 e. The zero-order valence-corrected chi connectivity index (χ0v) is 15.7. The van der Waals surface area contributed by atoms with E-state index in [-0.39, 0.29) is 19.1 Å². The lowest BCUT2D eigenvalue weighted by molar-refractivity contribution is -0.148. The summed E-state index contributed by atoms with van der Waals surface area (Å²) < 4.78 is 33.9. The van der Waals surface area contributed by atoms with Gasteiger partial charge in [-0.2, -0.15) is 4.98 Å². The van der Waals surface area contributed by atoms with E-state index in [1.165, 1.54) is 18.2 Å². The van der Waals surface area contributed by atoms with Crippen molar-refractivity contribution in [1.82, 2.24) is 10.1 Å². The molecule has 9 heteroatoms. The van der Waals surface area contributed by atoms with Crippen molar-refractivity contribution < 1.29 is 27.9 Å². The third-order valence-corrected chi connectivity index (χ3v) is 4.03. The van der Waals surface area contributed by atoms with Crippen LogP contribution < -0.4 is 9.47 Å². The Morgan fingerprint density at radius 3 is 2.70 bits per heavy atom. The van der Waals surface area contributed by atoms with Crippen molar-refractivity contribution in [2.45, 2.75) is 6.61 Å². The molecule has 0 fully saturated rings. The second-order valence-electron chi connectivity index (χ2n) is 5.26. The minimum Gasteiger partial charge on any atom is -0.497 e. The Balaban J connectivity index is 1.51. The molecule has 7 nitrogen and oxygen atoms in total. The fourth-order valence-electron chi connectivity index (χ4n) is 2.08. The number of rotatable bonds is 7. The molecule has 0 aliphatic heterocycles. The highest BCUT2D eigenvalue weighted by atomic mass is 79.9. The van der Waals surface area contributed by atoms with E-state index in [0.717, 1.165) is 5.56 Å². The van der Waals surface area contributed by atoms with Crippen molar-refractivity contribution in [3.8, 4) is 22.9 Å². The lowest BCUT2D eigenvalue weighted by atomic mass is 10.2. The number of nitrogens with zero attached hydrogens (tertiary/aromatic N) is 2. The van der Waals surface area contributed by atoms with Gasteiger partial charge in [-0.1, -0.05) is 5.16 Å². The van der Waals surface area contributed by atoms with Crippen LogP contribution >= 0.6 is 15.9 Å². The molecule has 0 atom stereocenters. The summed E-state index contributed by atoms with van der Waals surface area (Å²) in [4.78, 5) is 15.9. The number of methoxy groups -OCH3 is 1. The molecule has 140 valence electrons. The molecule has 0 aliphatic carbocycles. The maximum atomic E-state index is 13.0. The van der Waals surface area contributed by atoms with Crippen LogP contribution in [0.4, 0.5) is 4.39 Å². The van der Waals surface area contributed by atoms with E-state index in [1.807, 2.05) is 0 Å². The number of carbonyl (C=O) groups is 1. The summed E-state index contributed by atoms with van der Waals surface area (Å²) in [5.41, 5.74) is 0.738. The van der Waals surface area contributed by atoms with E-state index in [4.69, 9.17) is 18.7 Å². The number of carbonyl (C=O) groups excluding carboxylic acids is 1. The zero-order valence-electron chi connectivity index (χ0n) is 14.1. The molecule has 0 spiro atoms. The van der Waals surface area contributed by atoms with Gasteiger partial charge in [-0.25, -0.2) is 9.18 Å². The molecule has 0 unspecified atom stereocenters. The Labute approximate surface area is 162 Å². The second kappa shape index (κ2) is 8.63. The summed E-state index contributed by atoms with van der Waals surface area (Å²) in [5.74, 6) is 0.515. The molecule has 1 heterocycles. The van der Waals surface area contributed by atoms with E-state index in [2.05, 4.69) is 26.1 Å². The zero-order chi connectivity index (χ0) is 19.2. The van der Waals surface area contributed by atoms with E-state index in [9.17, 15) is 9.18 Å². The Morgan fingerprint density at radius 1 is 1.22 bits per heavy atom. The Morgan fingerprint density at radius 2 is 2.00 bits per heavy atom. The summed E-state index contributed by atoms with van der Waals surface area (Å²) in [6.45, 7) is -0.528. The quantitative estimate of drug-likeness (QED) is 0.521. The van der Waals surface area contributed by atoms with Crippen LogP contribution in [0, 0.1) is 5.82 Å². The first-order chi connectivity index (χ1) is 13.0. The predicted molar refractivity (Wildman–Crippen MR) is 95.7 cm³/mol. The first-order valence-electron chi connectivity index (χ1n) is 7.75. The summed E-state index contributed by atoms with van der Waals surface area (Å²) in [6, 6.07) is 11.0. The number of hydrogen-bond acceptors (Lipinski definition) is 7. The Hall–Kier alpha value is -2.94. The van der Waals surface area contributed by atoms with Crippen LogP contribution in [0.1, 0.15) is 5.89 Å². The second-order valence-corrected chi connectivity index (χ2v) is 6.12. The third-order valence-electron chi connectivity index (χ3n) is 3.41. The van der Waals surface area contributed by atoms with Crippen LogP contribution in [-0.2, 0) is 16.1 Å². The van der Waals surface area contributed by atoms with Crippen molar-refractivity contribution in [1.29, 1.82) is 0 Å². The Bertz CT molecular complexity index is 930. The standard InChI is InChI=1S/C18H14BrFN2O5/c1-24-13-5-2-11(3-6-13)18-21-16(27-22-18)9-26-17(23)10-25-15-7-4-12(20)8-14(15)19/h2-8H,9-10H2,1H3. The van der Waals surface area contributed by atoms with Crippen LogP contribution in [0.3, 0.4) is 0 Å². The molecule has 1 aromatic heterocycles. The lowest BCUT2D eigenvalue weighted by Gasteiger charge is -2.07. The molecule has 0 aliphatic rings. The van der Waals surface area contributed by atoms with Crippen LogP contribution in [0.5, 0.6) is 11.5 Å². The van der Waals surface area contributed by atoms with E-state index in [1.54, 1.807) is 31.4 Å². The van der Waals surface area contributed by atoms with E-state index < -0.39 is 11.8 Å². The third kappa shape index (κ3) is 5.04. The van der Waals surface area contributed by atoms with E-state index in [0.29, 0.717) is 21.8 Å². The van der Waals surface area contributed by atoms with Crippen LogP contribution in [0.15, 0.2) is 51.5 Å². The Kier molecular flexibility index (Phi) is 6.02. The molecule has 0 bridgehead atoms. The summed E-state index contributed by atoms with van der Waals surface area (Å²) >= 11 is 3.15. The topological polar surface area (TPSA) is 83.7 Å². The highest BCUT2D eigenvalue weighted by molar-refractivity contribution is 9.10. The fraction of sp³-hybridized carbons (Fsp3) is 0.167. The number of halogens is 2. The molecule has 0 amide bonds. The first kappa shape index (κ1) is 18.8. The highest BCUT2D eigenvalue weighted by Crippen LogP contribution is 2.25.